The predicted molar refractivity (Wildman–Crippen MR) is 60.8 cm³/mol. The van der Waals surface area contributed by atoms with Crippen molar-refractivity contribution in [3.05, 3.63) is 0 Å². The SMILES string of the molecule is COC(=O)CCN(C(=O)C(C)(C)C)C1CC1. The number of carbonyl (C=O) groups is 2. The van der Waals surface area contributed by atoms with E-state index >= 15 is 0 Å². The van der Waals surface area contributed by atoms with Crippen molar-refractivity contribution in [3.8, 4) is 0 Å². The second-order valence-corrected chi connectivity index (χ2v) is 5.31. The summed E-state index contributed by atoms with van der Waals surface area (Å²) in [6, 6.07) is 0.344. The molecule has 0 bridgehead atoms. The second-order valence-electron chi connectivity index (χ2n) is 5.31. The molecule has 1 rings (SSSR count). The number of ether oxygens (including phenoxy) is 1. The molecule has 0 saturated heterocycles. The van der Waals surface area contributed by atoms with Crippen LogP contribution >= 0.6 is 0 Å². The Bertz CT molecular complexity index is 276. The van der Waals surface area contributed by atoms with Crippen LogP contribution in [0.5, 0.6) is 0 Å². The van der Waals surface area contributed by atoms with Gasteiger partial charge in [0.1, 0.15) is 0 Å². The molecule has 1 aliphatic rings. The summed E-state index contributed by atoms with van der Waals surface area (Å²) in [6.07, 6.45) is 2.40. The summed E-state index contributed by atoms with van der Waals surface area (Å²) in [7, 11) is 1.37. The van der Waals surface area contributed by atoms with E-state index in [9.17, 15) is 9.59 Å². The number of carbonyl (C=O) groups excluding carboxylic acids is 2. The highest BCUT2D eigenvalue weighted by Gasteiger charge is 2.37. The number of hydrogen-bond donors (Lipinski definition) is 0. The third kappa shape index (κ3) is 3.51. The first-order valence-corrected chi connectivity index (χ1v) is 5.74. The highest BCUT2D eigenvalue weighted by atomic mass is 16.5. The lowest BCUT2D eigenvalue weighted by Crippen LogP contribution is -2.42. The van der Waals surface area contributed by atoms with E-state index in [4.69, 9.17) is 0 Å². The Hall–Kier alpha value is -1.06. The van der Waals surface area contributed by atoms with E-state index in [-0.39, 0.29) is 23.7 Å². The molecule has 4 heteroatoms. The minimum atomic E-state index is -0.376. The van der Waals surface area contributed by atoms with Gasteiger partial charge in [-0.15, -0.1) is 0 Å². The van der Waals surface area contributed by atoms with E-state index in [0.29, 0.717) is 12.6 Å². The Morgan fingerprint density at radius 3 is 2.25 bits per heavy atom. The van der Waals surface area contributed by atoms with Crippen molar-refractivity contribution in [1.82, 2.24) is 4.90 Å². The molecule has 1 amide bonds. The lowest BCUT2D eigenvalue weighted by Gasteiger charge is -2.29. The Labute approximate surface area is 96.9 Å². The first-order valence-electron chi connectivity index (χ1n) is 5.74. The fraction of sp³-hybridized carbons (Fsp3) is 0.833. The molecule has 4 nitrogen and oxygen atoms in total. The second kappa shape index (κ2) is 4.85. The topological polar surface area (TPSA) is 46.6 Å². The molecule has 0 spiro atoms. The van der Waals surface area contributed by atoms with E-state index in [1.54, 1.807) is 0 Å². The normalized spacial score (nSPS) is 15.8. The van der Waals surface area contributed by atoms with Crippen LogP contribution in [0.25, 0.3) is 0 Å². The lowest BCUT2D eigenvalue weighted by atomic mass is 9.94. The van der Waals surface area contributed by atoms with Crippen molar-refractivity contribution in [2.75, 3.05) is 13.7 Å². The molecule has 0 unspecified atom stereocenters. The van der Waals surface area contributed by atoms with Crippen LogP contribution in [0.15, 0.2) is 0 Å². The maximum atomic E-state index is 12.1. The number of rotatable bonds is 4. The average Bonchev–Trinajstić information content (AvgIpc) is 3.00. The Morgan fingerprint density at radius 2 is 1.88 bits per heavy atom. The number of nitrogens with zero attached hydrogens (tertiary/aromatic N) is 1. The van der Waals surface area contributed by atoms with E-state index in [1.165, 1.54) is 7.11 Å². The Kier molecular flexibility index (Phi) is 3.94. The summed E-state index contributed by atoms with van der Waals surface area (Å²) in [5.74, 6) is -0.133. The summed E-state index contributed by atoms with van der Waals surface area (Å²) in [6.45, 7) is 6.20. The van der Waals surface area contributed by atoms with Crippen LogP contribution in [0, 0.1) is 5.41 Å². The van der Waals surface area contributed by atoms with Crippen LogP contribution in [-0.4, -0.2) is 36.5 Å². The predicted octanol–water partition coefficient (Wildman–Crippen LogP) is 1.59. The molecule has 0 aromatic rings. The summed E-state index contributed by atoms with van der Waals surface area (Å²) in [5.41, 5.74) is -0.376. The quantitative estimate of drug-likeness (QED) is 0.685. The van der Waals surface area contributed by atoms with Gasteiger partial charge in [0.25, 0.3) is 0 Å². The van der Waals surface area contributed by atoms with Crippen molar-refractivity contribution >= 4 is 11.9 Å². The minimum absolute atomic E-state index is 0.124. The minimum Gasteiger partial charge on any atom is -0.469 e. The molecule has 0 aromatic carbocycles. The van der Waals surface area contributed by atoms with Crippen LogP contribution in [0.2, 0.25) is 0 Å². The number of hydrogen-bond acceptors (Lipinski definition) is 3. The van der Waals surface area contributed by atoms with Crippen molar-refractivity contribution in [2.24, 2.45) is 5.41 Å². The van der Waals surface area contributed by atoms with Crippen LogP contribution in [-0.2, 0) is 14.3 Å². The molecule has 1 aliphatic carbocycles. The molecule has 0 heterocycles. The van der Waals surface area contributed by atoms with E-state index in [0.717, 1.165) is 12.8 Å². The highest BCUT2D eigenvalue weighted by Crippen LogP contribution is 2.31. The molecule has 0 aliphatic heterocycles. The fourth-order valence-electron chi connectivity index (χ4n) is 1.58. The summed E-state index contributed by atoms with van der Waals surface area (Å²) in [5, 5.41) is 0. The van der Waals surface area contributed by atoms with Gasteiger partial charge in [0, 0.05) is 18.0 Å². The van der Waals surface area contributed by atoms with Gasteiger partial charge in [-0.3, -0.25) is 9.59 Å². The van der Waals surface area contributed by atoms with Gasteiger partial charge < -0.3 is 9.64 Å². The van der Waals surface area contributed by atoms with Crippen LogP contribution in [0.3, 0.4) is 0 Å². The largest absolute Gasteiger partial charge is 0.469 e. The van der Waals surface area contributed by atoms with E-state index in [1.807, 2.05) is 25.7 Å². The monoisotopic (exact) mass is 227 g/mol. The molecule has 0 N–H and O–H groups in total. The number of methoxy groups -OCH3 is 1. The maximum absolute atomic E-state index is 12.1. The van der Waals surface area contributed by atoms with Crippen LogP contribution in [0.4, 0.5) is 0 Å². The molecule has 0 atom stereocenters. The van der Waals surface area contributed by atoms with Gasteiger partial charge in [-0.25, -0.2) is 0 Å². The smallest absolute Gasteiger partial charge is 0.307 e. The standard InChI is InChI=1S/C12H21NO3/c1-12(2,3)11(15)13(9-5-6-9)8-7-10(14)16-4/h9H,5-8H2,1-4H3. The Balaban J connectivity index is 2.55. The Morgan fingerprint density at radius 1 is 1.31 bits per heavy atom. The van der Waals surface area contributed by atoms with Gasteiger partial charge in [-0.1, -0.05) is 20.8 Å². The summed E-state index contributed by atoms with van der Waals surface area (Å²) < 4.78 is 4.59. The number of amides is 1. The van der Waals surface area contributed by atoms with Gasteiger partial charge in [0.2, 0.25) is 5.91 Å². The van der Waals surface area contributed by atoms with E-state index < -0.39 is 0 Å². The van der Waals surface area contributed by atoms with Crippen molar-refractivity contribution in [1.29, 1.82) is 0 Å². The van der Waals surface area contributed by atoms with Crippen molar-refractivity contribution < 1.29 is 14.3 Å². The zero-order chi connectivity index (χ0) is 12.3. The zero-order valence-electron chi connectivity index (χ0n) is 10.6. The van der Waals surface area contributed by atoms with Crippen LogP contribution < -0.4 is 0 Å². The summed E-state index contributed by atoms with van der Waals surface area (Å²) >= 11 is 0. The first kappa shape index (κ1) is 13.0. The van der Waals surface area contributed by atoms with Gasteiger partial charge >= 0.3 is 5.97 Å². The van der Waals surface area contributed by atoms with E-state index in [2.05, 4.69) is 4.74 Å². The molecule has 0 radical (unpaired) electrons. The molecular formula is C12H21NO3. The third-order valence-electron chi connectivity index (χ3n) is 2.67. The van der Waals surface area contributed by atoms with Crippen LogP contribution in [0.1, 0.15) is 40.0 Å². The maximum Gasteiger partial charge on any atom is 0.307 e. The lowest BCUT2D eigenvalue weighted by molar-refractivity contribution is -0.144. The molecule has 16 heavy (non-hydrogen) atoms. The van der Waals surface area contributed by atoms with Gasteiger partial charge in [-0.05, 0) is 12.8 Å². The molecule has 92 valence electrons. The number of esters is 1. The molecular weight excluding hydrogens is 206 g/mol. The first-order chi connectivity index (χ1) is 7.36. The summed E-state index contributed by atoms with van der Waals surface area (Å²) in [4.78, 5) is 25.0. The highest BCUT2D eigenvalue weighted by molar-refractivity contribution is 5.82. The fourth-order valence-corrected chi connectivity index (χ4v) is 1.58. The third-order valence-corrected chi connectivity index (χ3v) is 2.67. The van der Waals surface area contributed by atoms with Gasteiger partial charge in [0.15, 0.2) is 0 Å². The van der Waals surface area contributed by atoms with Gasteiger partial charge in [-0.2, -0.15) is 0 Å². The molecule has 1 saturated carbocycles. The van der Waals surface area contributed by atoms with Gasteiger partial charge in [0.05, 0.1) is 13.5 Å². The van der Waals surface area contributed by atoms with Crippen molar-refractivity contribution in [3.63, 3.8) is 0 Å². The average molecular weight is 227 g/mol. The van der Waals surface area contributed by atoms with Crippen molar-refractivity contribution in [2.45, 2.75) is 46.1 Å². The zero-order valence-corrected chi connectivity index (χ0v) is 10.6. The molecule has 1 fully saturated rings. The molecule has 0 aromatic heterocycles.